The molecule has 2 aromatic carbocycles. The highest BCUT2D eigenvalue weighted by atomic mass is 16.5. The van der Waals surface area contributed by atoms with Crippen LogP contribution in [0.25, 0.3) is 11.5 Å². The van der Waals surface area contributed by atoms with Gasteiger partial charge in [0, 0.05) is 54.8 Å². The van der Waals surface area contributed by atoms with Crippen molar-refractivity contribution in [3.63, 3.8) is 0 Å². The van der Waals surface area contributed by atoms with Crippen LogP contribution in [0.3, 0.4) is 0 Å². The molecule has 0 radical (unpaired) electrons. The minimum Gasteiger partial charge on any atom is -0.377 e. The van der Waals surface area contributed by atoms with Gasteiger partial charge in [0.1, 0.15) is 0 Å². The lowest BCUT2D eigenvalue weighted by molar-refractivity contribution is 0.0211. The normalized spacial score (nSPS) is 16.5. The lowest BCUT2D eigenvalue weighted by Crippen LogP contribution is -2.49. The summed E-state index contributed by atoms with van der Waals surface area (Å²) in [6, 6.07) is 15.2. The molecule has 9 nitrogen and oxygen atoms in total. The molecule has 2 N–H and O–H groups in total. The maximum Gasteiger partial charge on any atom is 0.266 e. The third kappa shape index (κ3) is 4.06. The number of carbonyl (C=O) groups is 1. The first-order chi connectivity index (χ1) is 15.7. The maximum atomic E-state index is 12.6. The van der Waals surface area contributed by atoms with Gasteiger partial charge < -0.3 is 29.8 Å². The zero-order valence-corrected chi connectivity index (χ0v) is 17.5. The van der Waals surface area contributed by atoms with E-state index in [4.69, 9.17) is 14.7 Å². The fourth-order valence-corrected chi connectivity index (χ4v) is 3.81. The Morgan fingerprint density at radius 1 is 1.09 bits per heavy atom. The standard InChI is InChI=1S/C23H24N6O3/c24-13-18-7-6-17(12-20(18)25-19-14-31-15-19)21-26-23(27-32-21)29-10-8-28(9-11-29)22(30)16-4-2-1-3-5-16/h1-7,12-13,19,24-25H,8-11,14-15H2. The third-order valence-electron chi connectivity index (χ3n) is 5.74. The molecule has 3 aromatic rings. The summed E-state index contributed by atoms with van der Waals surface area (Å²) in [6.07, 6.45) is 1.32. The van der Waals surface area contributed by atoms with E-state index in [0.717, 1.165) is 16.8 Å². The maximum absolute atomic E-state index is 12.6. The van der Waals surface area contributed by atoms with E-state index in [0.29, 0.717) is 56.8 Å². The molecule has 2 fully saturated rings. The Morgan fingerprint density at radius 3 is 2.56 bits per heavy atom. The quantitative estimate of drug-likeness (QED) is 0.576. The molecule has 0 unspecified atom stereocenters. The molecule has 0 spiro atoms. The number of piperazine rings is 1. The van der Waals surface area contributed by atoms with Crippen molar-refractivity contribution >= 4 is 23.8 Å². The Bertz CT molecular complexity index is 1100. The summed E-state index contributed by atoms with van der Waals surface area (Å²) < 4.78 is 10.8. The van der Waals surface area contributed by atoms with Gasteiger partial charge in [-0.05, 0) is 29.4 Å². The van der Waals surface area contributed by atoms with E-state index in [9.17, 15) is 4.79 Å². The van der Waals surface area contributed by atoms with Crippen molar-refractivity contribution in [3.05, 3.63) is 59.7 Å². The van der Waals surface area contributed by atoms with Gasteiger partial charge in [-0.2, -0.15) is 4.98 Å². The number of carbonyl (C=O) groups excluding carboxylic acids is 1. The van der Waals surface area contributed by atoms with Crippen LogP contribution in [0.15, 0.2) is 53.1 Å². The number of nitrogens with zero attached hydrogens (tertiary/aromatic N) is 4. The summed E-state index contributed by atoms with van der Waals surface area (Å²) in [6.45, 7) is 3.79. The van der Waals surface area contributed by atoms with Gasteiger partial charge in [0.25, 0.3) is 17.7 Å². The molecule has 1 aromatic heterocycles. The molecular weight excluding hydrogens is 408 g/mol. The molecular formula is C23H24N6O3. The SMILES string of the molecule is N=Cc1ccc(-c2nc(N3CCN(C(=O)c4ccccc4)CC3)no2)cc1NC1COC1. The highest BCUT2D eigenvalue weighted by Gasteiger charge is 2.25. The Labute approximate surface area is 185 Å². The van der Waals surface area contributed by atoms with E-state index in [2.05, 4.69) is 15.5 Å². The first-order valence-electron chi connectivity index (χ1n) is 10.6. The van der Waals surface area contributed by atoms with E-state index in [1.165, 1.54) is 6.21 Å². The Hall–Kier alpha value is -3.72. The predicted molar refractivity (Wildman–Crippen MR) is 120 cm³/mol. The first-order valence-corrected chi connectivity index (χ1v) is 10.6. The van der Waals surface area contributed by atoms with Crippen molar-refractivity contribution in [2.75, 3.05) is 49.6 Å². The van der Waals surface area contributed by atoms with Gasteiger partial charge in [0.15, 0.2) is 0 Å². The molecule has 9 heteroatoms. The van der Waals surface area contributed by atoms with Gasteiger partial charge in [0.2, 0.25) is 0 Å². The van der Waals surface area contributed by atoms with E-state index in [1.54, 1.807) is 0 Å². The van der Waals surface area contributed by atoms with E-state index in [-0.39, 0.29) is 11.9 Å². The minimum absolute atomic E-state index is 0.0437. The fraction of sp³-hybridized carbons (Fsp3) is 0.304. The molecule has 0 bridgehead atoms. The number of anilines is 2. The van der Waals surface area contributed by atoms with Gasteiger partial charge >= 0.3 is 0 Å². The highest BCUT2D eigenvalue weighted by molar-refractivity contribution is 5.94. The molecule has 0 aliphatic carbocycles. The number of amides is 1. The fourth-order valence-electron chi connectivity index (χ4n) is 3.81. The second-order valence-electron chi connectivity index (χ2n) is 7.87. The van der Waals surface area contributed by atoms with Crippen LogP contribution in [0.5, 0.6) is 0 Å². The third-order valence-corrected chi connectivity index (χ3v) is 5.74. The second kappa shape index (κ2) is 8.80. The van der Waals surface area contributed by atoms with Crippen LogP contribution in [0, 0.1) is 5.41 Å². The average Bonchev–Trinajstić information content (AvgIpc) is 3.32. The number of nitrogens with one attached hydrogen (secondary N) is 2. The highest BCUT2D eigenvalue weighted by Crippen LogP contribution is 2.27. The van der Waals surface area contributed by atoms with Crippen molar-refractivity contribution in [3.8, 4) is 11.5 Å². The van der Waals surface area contributed by atoms with Crippen LogP contribution < -0.4 is 10.2 Å². The van der Waals surface area contributed by atoms with Crippen molar-refractivity contribution < 1.29 is 14.1 Å². The van der Waals surface area contributed by atoms with Crippen LogP contribution in [0.2, 0.25) is 0 Å². The van der Waals surface area contributed by atoms with Crippen LogP contribution in [0.4, 0.5) is 11.6 Å². The Kier molecular flexibility index (Phi) is 5.55. The first kappa shape index (κ1) is 20.2. The number of aromatic nitrogens is 2. The number of hydrogen-bond acceptors (Lipinski definition) is 8. The van der Waals surface area contributed by atoms with E-state index < -0.39 is 0 Å². The summed E-state index contributed by atoms with van der Waals surface area (Å²) in [4.78, 5) is 21.1. The molecule has 2 saturated heterocycles. The zero-order valence-electron chi connectivity index (χ0n) is 17.5. The zero-order chi connectivity index (χ0) is 21.9. The summed E-state index contributed by atoms with van der Waals surface area (Å²) >= 11 is 0. The topological polar surface area (TPSA) is 108 Å². The summed E-state index contributed by atoms with van der Waals surface area (Å²) in [7, 11) is 0. The van der Waals surface area contributed by atoms with Gasteiger partial charge in [-0.15, -0.1) is 0 Å². The van der Waals surface area contributed by atoms with Crippen LogP contribution in [-0.2, 0) is 4.74 Å². The van der Waals surface area contributed by atoms with Gasteiger partial charge in [-0.25, -0.2) is 0 Å². The molecule has 2 aliphatic rings. The lowest BCUT2D eigenvalue weighted by Gasteiger charge is -2.33. The smallest absolute Gasteiger partial charge is 0.266 e. The van der Waals surface area contributed by atoms with Crippen LogP contribution >= 0.6 is 0 Å². The number of hydrogen-bond donors (Lipinski definition) is 2. The molecule has 2 aliphatic heterocycles. The molecule has 0 atom stereocenters. The van der Waals surface area contributed by atoms with E-state index >= 15 is 0 Å². The van der Waals surface area contributed by atoms with Crippen LogP contribution in [-0.4, -0.2) is 72.6 Å². The second-order valence-corrected chi connectivity index (χ2v) is 7.87. The predicted octanol–water partition coefficient (Wildman–Crippen LogP) is 2.51. The lowest BCUT2D eigenvalue weighted by atomic mass is 10.1. The van der Waals surface area contributed by atoms with Gasteiger partial charge in [0.05, 0.1) is 19.3 Å². The summed E-state index contributed by atoms with van der Waals surface area (Å²) in [5.74, 6) is 0.985. The Balaban J connectivity index is 1.26. The monoisotopic (exact) mass is 432 g/mol. The van der Waals surface area contributed by atoms with Crippen molar-refractivity contribution in [1.82, 2.24) is 15.0 Å². The number of benzene rings is 2. The molecule has 164 valence electrons. The number of ether oxygens (including phenoxy) is 1. The summed E-state index contributed by atoms with van der Waals surface area (Å²) in [5.41, 5.74) is 3.13. The number of rotatable bonds is 6. The Morgan fingerprint density at radius 2 is 1.88 bits per heavy atom. The molecule has 1 amide bonds. The van der Waals surface area contributed by atoms with Gasteiger partial charge in [-0.1, -0.05) is 24.3 Å². The van der Waals surface area contributed by atoms with Crippen molar-refractivity contribution in [2.24, 2.45) is 0 Å². The largest absolute Gasteiger partial charge is 0.377 e. The van der Waals surface area contributed by atoms with Gasteiger partial charge in [-0.3, -0.25) is 4.79 Å². The minimum atomic E-state index is 0.0437. The summed E-state index contributed by atoms with van der Waals surface area (Å²) in [5, 5.41) is 15.2. The molecule has 0 saturated carbocycles. The van der Waals surface area contributed by atoms with E-state index in [1.807, 2.05) is 58.3 Å². The van der Waals surface area contributed by atoms with Crippen molar-refractivity contribution in [1.29, 1.82) is 5.41 Å². The molecule has 32 heavy (non-hydrogen) atoms. The van der Waals surface area contributed by atoms with Crippen molar-refractivity contribution in [2.45, 2.75) is 6.04 Å². The van der Waals surface area contributed by atoms with Crippen LogP contribution in [0.1, 0.15) is 15.9 Å². The molecule has 5 rings (SSSR count). The molecule has 3 heterocycles. The average molecular weight is 432 g/mol.